The molecular weight excluding hydrogens is 406 g/mol. The highest BCUT2D eigenvalue weighted by molar-refractivity contribution is 8.14. The molecular formula is C21H23N3O5S. The Kier molecular flexibility index (Phi) is 5.17. The van der Waals surface area contributed by atoms with Crippen molar-refractivity contribution in [3.8, 4) is 0 Å². The third kappa shape index (κ3) is 2.79. The first-order valence-corrected chi connectivity index (χ1v) is 10.8. The lowest BCUT2D eigenvalue weighted by Gasteiger charge is -2.37. The topological polar surface area (TPSA) is 96.4 Å². The summed E-state index contributed by atoms with van der Waals surface area (Å²) in [4.78, 5) is 58.9. The smallest absolute Gasteiger partial charge is 0.332 e. The third-order valence-electron chi connectivity index (χ3n) is 6.26. The highest BCUT2D eigenvalue weighted by atomic mass is 32.2. The number of likely N-dealkylation sites (tertiary alicyclic amines) is 1. The number of hydrogen-bond donors (Lipinski definition) is 0. The minimum atomic E-state index is -1.35. The molecule has 4 rings (SSSR count). The molecule has 30 heavy (non-hydrogen) atoms. The first kappa shape index (κ1) is 20.6. The number of ether oxygens (including phenoxy) is 1. The molecule has 0 N–H and O–H groups in total. The van der Waals surface area contributed by atoms with Gasteiger partial charge in [-0.25, -0.2) is 4.79 Å². The summed E-state index contributed by atoms with van der Waals surface area (Å²) in [7, 11) is 1.27. The highest BCUT2D eigenvalue weighted by Crippen LogP contribution is 2.52. The molecule has 1 aromatic rings. The van der Waals surface area contributed by atoms with E-state index in [1.807, 2.05) is 6.07 Å². The third-order valence-corrected chi connectivity index (χ3v) is 7.25. The predicted molar refractivity (Wildman–Crippen MR) is 111 cm³/mol. The Morgan fingerprint density at radius 3 is 2.57 bits per heavy atom. The van der Waals surface area contributed by atoms with Crippen LogP contribution >= 0.6 is 11.8 Å². The SMILES string of the molecule is CCN1C(=O)[C@H]2[C@H]3CN=C(SCC(=O)c4ccccc4)N3[C@@](C)(C(=O)OC)[C@H]2C1=O. The number of benzene rings is 1. The number of hydrogen-bond acceptors (Lipinski definition) is 8. The molecule has 2 fully saturated rings. The van der Waals surface area contributed by atoms with E-state index >= 15 is 0 Å². The normalized spacial score (nSPS) is 29.7. The number of nitrogens with zero attached hydrogens (tertiary/aromatic N) is 3. The Bertz CT molecular complexity index is 949. The molecule has 2 saturated heterocycles. The summed E-state index contributed by atoms with van der Waals surface area (Å²) in [5.74, 6) is -2.58. The van der Waals surface area contributed by atoms with Gasteiger partial charge in [0.25, 0.3) is 0 Å². The van der Waals surface area contributed by atoms with Gasteiger partial charge in [-0.05, 0) is 13.8 Å². The lowest BCUT2D eigenvalue weighted by atomic mass is 9.81. The number of amidine groups is 1. The zero-order valence-electron chi connectivity index (χ0n) is 17.0. The lowest BCUT2D eigenvalue weighted by Crippen LogP contribution is -2.57. The molecule has 0 spiro atoms. The number of ketones is 1. The van der Waals surface area contributed by atoms with Crippen LogP contribution in [0.4, 0.5) is 0 Å². The summed E-state index contributed by atoms with van der Waals surface area (Å²) in [6.07, 6.45) is 0. The molecule has 9 heteroatoms. The van der Waals surface area contributed by atoms with Gasteiger partial charge < -0.3 is 9.64 Å². The van der Waals surface area contributed by atoms with Crippen molar-refractivity contribution in [3.05, 3.63) is 35.9 Å². The number of carbonyl (C=O) groups is 4. The zero-order chi connectivity index (χ0) is 21.6. The summed E-state index contributed by atoms with van der Waals surface area (Å²) in [5, 5.41) is 0.496. The van der Waals surface area contributed by atoms with Gasteiger partial charge in [0.2, 0.25) is 11.8 Å². The minimum absolute atomic E-state index is 0.0600. The van der Waals surface area contributed by atoms with Gasteiger partial charge >= 0.3 is 5.97 Å². The van der Waals surface area contributed by atoms with Crippen LogP contribution in [0, 0.1) is 11.8 Å². The maximum absolute atomic E-state index is 13.0. The van der Waals surface area contributed by atoms with E-state index in [0.717, 1.165) is 0 Å². The Morgan fingerprint density at radius 2 is 1.93 bits per heavy atom. The van der Waals surface area contributed by atoms with Gasteiger partial charge in [-0.1, -0.05) is 42.1 Å². The molecule has 0 aromatic heterocycles. The van der Waals surface area contributed by atoms with Crippen LogP contribution in [0.5, 0.6) is 0 Å². The average molecular weight is 429 g/mol. The van der Waals surface area contributed by atoms with E-state index < -0.39 is 29.4 Å². The second-order valence-electron chi connectivity index (χ2n) is 7.70. The summed E-state index contributed by atoms with van der Waals surface area (Å²) < 4.78 is 5.06. The second-order valence-corrected chi connectivity index (χ2v) is 8.64. The van der Waals surface area contributed by atoms with E-state index in [1.54, 1.807) is 43.0 Å². The number of esters is 1. The zero-order valence-corrected chi connectivity index (χ0v) is 17.8. The minimum Gasteiger partial charge on any atom is -0.467 e. The van der Waals surface area contributed by atoms with E-state index in [-0.39, 0.29) is 29.9 Å². The van der Waals surface area contributed by atoms with Gasteiger partial charge in [-0.3, -0.25) is 24.3 Å². The standard InChI is InChI=1S/C21H23N3O5S/c1-4-23-17(26)15-13-10-22-20(30-11-14(25)12-8-6-5-7-9-12)24(13)21(2,19(28)29-3)16(15)18(23)27/h5-9,13,15-16H,4,10-11H2,1-3H3/t13-,15+,16-,21-/m1/s1. The predicted octanol–water partition coefficient (Wildman–Crippen LogP) is 1.21. The van der Waals surface area contributed by atoms with Crippen molar-refractivity contribution >= 4 is 40.5 Å². The monoisotopic (exact) mass is 429 g/mol. The molecule has 4 atom stereocenters. The number of methoxy groups -OCH3 is 1. The molecule has 2 amide bonds. The molecule has 0 unspecified atom stereocenters. The van der Waals surface area contributed by atoms with Gasteiger partial charge in [-0.2, -0.15) is 0 Å². The Morgan fingerprint density at radius 1 is 1.23 bits per heavy atom. The molecule has 1 aromatic carbocycles. The van der Waals surface area contributed by atoms with Crippen molar-refractivity contribution in [2.45, 2.75) is 25.4 Å². The van der Waals surface area contributed by atoms with Crippen LogP contribution in [0.1, 0.15) is 24.2 Å². The van der Waals surface area contributed by atoms with Crippen molar-refractivity contribution in [1.82, 2.24) is 9.80 Å². The van der Waals surface area contributed by atoms with Gasteiger partial charge in [0.1, 0.15) is 5.54 Å². The number of thioether (sulfide) groups is 1. The van der Waals surface area contributed by atoms with Crippen LogP contribution < -0.4 is 0 Å². The van der Waals surface area contributed by atoms with Crippen LogP contribution in [0.2, 0.25) is 0 Å². The van der Waals surface area contributed by atoms with Crippen molar-refractivity contribution in [2.24, 2.45) is 16.8 Å². The van der Waals surface area contributed by atoms with Crippen molar-refractivity contribution < 1.29 is 23.9 Å². The highest BCUT2D eigenvalue weighted by Gasteiger charge is 2.71. The van der Waals surface area contributed by atoms with Crippen LogP contribution in [0.15, 0.2) is 35.3 Å². The second kappa shape index (κ2) is 7.54. The molecule has 0 aliphatic carbocycles. The molecule has 3 heterocycles. The van der Waals surface area contributed by atoms with Gasteiger partial charge in [-0.15, -0.1) is 0 Å². The number of amides is 2. The quantitative estimate of drug-likeness (QED) is 0.394. The van der Waals surface area contributed by atoms with Crippen molar-refractivity contribution in [3.63, 3.8) is 0 Å². The molecule has 8 nitrogen and oxygen atoms in total. The number of imide groups is 1. The Hall–Kier alpha value is -2.68. The maximum Gasteiger partial charge on any atom is 0.332 e. The van der Waals surface area contributed by atoms with Crippen molar-refractivity contribution in [2.75, 3.05) is 26.0 Å². The van der Waals surface area contributed by atoms with Crippen LogP contribution in [-0.2, 0) is 19.1 Å². The van der Waals surface area contributed by atoms with E-state index in [9.17, 15) is 19.2 Å². The fraction of sp³-hybridized carbons (Fsp3) is 0.476. The summed E-state index contributed by atoms with van der Waals surface area (Å²) in [6, 6.07) is 8.53. The number of carbonyl (C=O) groups excluding carboxylic acids is 4. The lowest BCUT2D eigenvalue weighted by molar-refractivity contribution is -0.156. The molecule has 0 bridgehead atoms. The fourth-order valence-electron chi connectivity index (χ4n) is 4.86. The van der Waals surface area contributed by atoms with Crippen LogP contribution in [0.3, 0.4) is 0 Å². The number of aliphatic imine (C=N–C) groups is 1. The van der Waals surface area contributed by atoms with Gasteiger partial charge in [0.05, 0.1) is 37.3 Å². The summed E-state index contributed by atoms with van der Waals surface area (Å²) in [6.45, 7) is 3.95. The van der Waals surface area contributed by atoms with E-state index in [1.165, 1.54) is 23.8 Å². The summed E-state index contributed by atoms with van der Waals surface area (Å²) in [5.41, 5.74) is -0.753. The van der Waals surface area contributed by atoms with Crippen LogP contribution in [-0.4, -0.2) is 76.1 Å². The number of rotatable bonds is 5. The van der Waals surface area contributed by atoms with E-state index in [4.69, 9.17) is 4.74 Å². The van der Waals surface area contributed by atoms with E-state index in [0.29, 0.717) is 17.3 Å². The molecule has 0 radical (unpaired) electrons. The van der Waals surface area contributed by atoms with Gasteiger partial charge in [0, 0.05) is 12.1 Å². The maximum atomic E-state index is 13.0. The first-order valence-electron chi connectivity index (χ1n) is 9.84. The molecule has 0 saturated carbocycles. The Balaban J connectivity index is 1.62. The van der Waals surface area contributed by atoms with Gasteiger partial charge in [0.15, 0.2) is 11.0 Å². The van der Waals surface area contributed by atoms with E-state index in [2.05, 4.69) is 4.99 Å². The number of fused-ring (bicyclic) bond motifs is 3. The largest absolute Gasteiger partial charge is 0.467 e. The average Bonchev–Trinajstić information content (AvgIpc) is 3.37. The molecule has 158 valence electrons. The Labute approximate surface area is 178 Å². The van der Waals surface area contributed by atoms with Crippen molar-refractivity contribution in [1.29, 1.82) is 0 Å². The summed E-state index contributed by atoms with van der Waals surface area (Å²) >= 11 is 1.22. The first-order chi connectivity index (χ1) is 14.4. The fourth-order valence-corrected chi connectivity index (χ4v) is 5.92. The number of Topliss-reactive ketones (excluding diaryl/α,β-unsaturated/α-hetero) is 1. The molecule has 3 aliphatic heterocycles. The van der Waals surface area contributed by atoms with Crippen LogP contribution in [0.25, 0.3) is 0 Å². The molecule has 3 aliphatic rings.